The number of ether oxygens (including phenoxy) is 1. The van der Waals surface area contributed by atoms with Gasteiger partial charge >= 0.3 is 0 Å². The van der Waals surface area contributed by atoms with Gasteiger partial charge in [0.2, 0.25) is 0 Å². The first-order valence-electron chi connectivity index (χ1n) is 9.32. The quantitative estimate of drug-likeness (QED) is 0.395. The molecule has 0 saturated carbocycles. The Morgan fingerprint density at radius 3 is 1.90 bits per heavy atom. The van der Waals surface area contributed by atoms with E-state index in [0.29, 0.717) is 12.6 Å². The van der Waals surface area contributed by atoms with Crippen LogP contribution in [-0.2, 0) is 4.74 Å². The van der Waals surface area contributed by atoms with Crippen molar-refractivity contribution in [2.75, 3.05) is 26.3 Å². The number of rotatable bonds is 17. The Bertz CT molecular complexity index is 188. The molecule has 0 bridgehead atoms. The van der Waals surface area contributed by atoms with Crippen LogP contribution >= 0.6 is 0 Å². The fraction of sp³-hybridized carbons (Fsp3) is 1.00. The van der Waals surface area contributed by atoms with Gasteiger partial charge in [-0.1, -0.05) is 64.7 Å². The van der Waals surface area contributed by atoms with Crippen molar-refractivity contribution in [2.45, 2.75) is 90.5 Å². The molecule has 0 aromatic rings. The van der Waals surface area contributed by atoms with Crippen LogP contribution in [0.3, 0.4) is 0 Å². The normalized spacial score (nSPS) is 12.7. The minimum Gasteiger partial charge on any atom is -0.381 e. The highest BCUT2D eigenvalue weighted by atomic mass is 16.5. The lowest BCUT2D eigenvalue weighted by Gasteiger charge is -2.10. The molecule has 0 amide bonds. The van der Waals surface area contributed by atoms with Crippen LogP contribution in [0.4, 0.5) is 0 Å². The molecule has 0 aliphatic heterocycles. The zero-order valence-corrected chi connectivity index (χ0v) is 14.7. The summed E-state index contributed by atoms with van der Waals surface area (Å²) >= 11 is 0. The van der Waals surface area contributed by atoms with E-state index in [1.807, 2.05) is 0 Å². The van der Waals surface area contributed by atoms with Crippen molar-refractivity contribution in [3.8, 4) is 0 Å². The van der Waals surface area contributed by atoms with E-state index in [2.05, 4.69) is 19.2 Å². The van der Waals surface area contributed by atoms with E-state index < -0.39 is 0 Å². The molecule has 0 aromatic carbocycles. The van der Waals surface area contributed by atoms with Gasteiger partial charge in [-0.25, -0.2) is 0 Å². The minimum atomic E-state index is 0.423. The summed E-state index contributed by atoms with van der Waals surface area (Å²) in [4.78, 5) is 0. The van der Waals surface area contributed by atoms with E-state index in [0.717, 1.165) is 26.2 Å². The van der Waals surface area contributed by atoms with E-state index in [1.165, 1.54) is 64.2 Å². The van der Waals surface area contributed by atoms with Crippen LogP contribution in [-0.4, -0.2) is 32.3 Å². The highest BCUT2D eigenvalue weighted by molar-refractivity contribution is 4.59. The molecule has 1 unspecified atom stereocenters. The highest BCUT2D eigenvalue weighted by Gasteiger charge is 1.96. The van der Waals surface area contributed by atoms with Crippen molar-refractivity contribution in [3.63, 3.8) is 0 Å². The van der Waals surface area contributed by atoms with Crippen LogP contribution in [0.1, 0.15) is 84.5 Å². The Labute approximate surface area is 133 Å². The Morgan fingerprint density at radius 2 is 1.33 bits per heavy atom. The third kappa shape index (κ3) is 17.8. The Hall–Kier alpha value is -0.120. The number of hydrogen-bond donors (Lipinski definition) is 2. The maximum Gasteiger partial charge on any atom is 0.0478 e. The largest absolute Gasteiger partial charge is 0.381 e. The molecule has 1 atom stereocenters. The first-order valence-corrected chi connectivity index (χ1v) is 9.32. The van der Waals surface area contributed by atoms with Crippen LogP contribution in [0.15, 0.2) is 0 Å². The second-order valence-electron chi connectivity index (χ2n) is 6.24. The van der Waals surface area contributed by atoms with Crippen LogP contribution in [0.25, 0.3) is 0 Å². The lowest BCUT2D eigenvalue weighted by atomic mass is 10.1. The zero-order chi connectivity index (χ0) is 15.6. The number of hydrogen-bond acceptors (Lipinski definition) is 3. The van der Waals surface area contributed by atoms with Crippen molar-refractivity contribution in [3.05, 3.63) is 0 Å². The molecule has 0 aromatic heterocycles. The van der Waals surface area contributed by atoms with Gasteiger partial charge in [-0.05, 0) is 26.3 Å². The van der Waals surface area contributed by atoms with E-state index in [4.69, 9.17) is 10.5 Å². The number of nitrogens with one attached hydrogen (secondary N) is 1. The highest BCUT2D eigenvalue weighted by Crippen LogP contribution is 2.10. The van der Waals surface area contributed by atoms with Gasteiger partial charge in [-0.15, -0.1) is 0 Å². The molecular formula is C18H40N2O. The van der Waals surface area contributed by atoms with E-state index in [-0.39, 0.29) is 0 Å². The summed E-state index contributed by atoms with van der Waals surface area (Å²) in [6, 6.07) is 0.423. The molecular weight excluding hydrogens is 260 g/mol. The second-order valence-corrected chi connectivity index (χ2v) is 6.24. The van der Waals surface area contributed by atoms with Crippen LogP contribution < -0.4 is 11.1 Å². The third-order valence-electron chi connectivity index (χ3n) is 3.95. The molecule has 0 aliphatic rings. The molecule has 128 valence electrons. The standard InChI is InChI=1S/C18H40N2O/c1-3-4-5-6-7-8-9-10-11-12-15-21-16-13-14-20-18(2)17-19/h18,20H,3-17,19H2,1-2H3. The summed E-state index contributed by atoms with van der Waals surface area (Å²) in [7, 11) is 0. The minimum absolute atomic E-state index is 0.423. The van der Waals surface area contributed by atoms with Gasteiger partial charge in [-0.2, -0.15) is 0 Å². The third-order valence-corrected chi connectivity index (χ3v) is 3.95. The lowest BCUT2D eigenvalue weighted by Crippen LogP contribution is -2.34. The number of unbranched alkanes of at least 4 members (excludes halogenated alkanes) is 9. The summed E-state index contributed by atoms with van der Waals surface area (Å²) in [5, 5.41) is 3.37. The molecule has 0 radical (unpaired) electrons. The van der Waals surface area contributed by atoms with Gasteiger partial charge in [0.25, 0.3) is 0 Å². The van der Waals surface area contributed by atoms with Crippen molar-refractivity contribution in [1.29, 1.82) is 0 Å². The maximum absolute atomic E-state index is 5.65. The molecule has 0 rings (SSSR count). The summed E-state index contributed by atoms with van der Waals surface area (Å²) in [6.07, 6.45) is 14.9. The van der Waals surface area contributed by atoms with Crippen molar-refractivity contribution >= 4 is 0 Å². The SMILES string of the molecule is CCCCCCCCCCCCOCCCNC(C)CN. The average molecular weight is 301 g/mol. The van der Waals surface area contributed by atoms with E-state index in [9.17, 15) is 0 Å². The summed E-state index contributed by atoms with van der Waals surface area (Å²) in [5.41, 5.74) is 5.54. The Kier molecular flexibility index (Phi) is 17.8. The maximum atomic E-state index is 5.65. The lowest BCUT2D eigenvalue weighted by molar-refractivity contribution is 0.127. The van der Waals surface area contributed by atoms with Crippen LogP contribution in [0, 0.1) is 0 Å². The molecule has 0 aliphatic carbocycles. The molecule has 0 spiro atoms. The van der Waals surface area contributed by atoms with Gasteiger partial charge in [0.05, 0.1) is 0 Å². The molecule has 0 saturated heterocycles. The van der Waals surface area contributed by atoms with Crippen LogP contribution in [0.2, 0.25) is 0 Å². The van der Waals surface area contributed by atoms with Crippen molar-refractivity contribution in [2.24, 2.45) is 5.73 Å². The van der Waals surface area contributed by atoms with Gasteiger partial charge in [0.15, 0.2) is 0 Å². The van der Waals surface area contributed by atoms with Gasteiger partial charge < -0.3 is 15.8 Å². The molecule has 3 N–H and O–H groups in total. The molecule has 0 fully saturated rings. The summed E-state index contributed by atoms with van der Waals surface area (Å²) < 4.78 is 5.65. The van der Waals surface area contributed by atoms with Gasteiger partial charge in [0.1, 0.15) is 0 Å². The summed E-state index contributed by atoms with van der Waals surface area (Å²) in [5.74, 6) is 0. The number of nitrogens with two attached hydrogens (primary N) is 1. The topological polar surface area (TPSA) is 47.3 Å². The van der Waals surface area contributed by atoms with E-state index >= 15 is 0 Å². The van der Waals surface area contributed by atoms with Gasteiger partial charge in [-0.3, -0.25) is 0 Å². The predicted octanol–water partition coefficient (Wildman–Crippen LogP) is 4.25. The first-order chi connectivity index (χ1) is 10.3. The smallest absolute Gasteiger partial charge is 0.0478 e. The fourth-order valence-electron chi connectivity index (χ4n) is 2.40. The van der Waals surface area contributed by atoms with Crippen molar-refractivity contribution < 1.29 is 4.74 Å². The average Bonchev–Trinajstić information content (AvgIpc) is 2.50. The fourth-order valence-corrected chi connectivity index (χ4v) is 2.40. The van der Waals surface area contributed by atoms with Crippen LogP contribution in [0.5, 0.6) is 0 Å². The Balaban J connectivity index is 2.96. The monoisotopic (exact) mass is 300 g/mol. The van der Waals surface area contributed by atoms with Gasteiger partial charge in [0, 0.05) is 25.8 Å². The second kappa shape index (κ2) is 17.9. The zero-order valence-electron chi connectivity index (χ0n) is 14.7. The van der Waals surface area contributed by atoms with E-state index in [1.54, 1.807) is 0 Å². The molecule has 3 nitrogen and oxygen atoms in total. The Morgan fingerprint density at radius 1 is 0.810 bits per heavy atom. The van der Waals surface area contributed by atoms with Crippen molar-refractivity contribution in [1.82, 2.24) is 5.32 Å². The summed E-state index contributed by atoms with van der Waals surface area (Å²) in [6.45, 7) is 7.92. The predicted molar refractivity (Wildman–Crippen MR) is 93.8 cm³/mol. The molecule has 3 heteroatoms. The molecule has 0 heterocycles. The first kappa shape index (κ1) is 20.9. The molecule has 21 heavy (non-hydrogen) atoms.